The Morgan fingerprint density at radius 3 is 2.57 bits per heavy atom. The quantitative estimate of drug-likeness (QED) is 0.688. The van der Waals surface area contributed by atoms with Gasteiger partial charge in [0.25, 0.3) is 0 Å². The SMILES string of the molecule is Cc1ncc(C#Cc2ccc3c(c2)C(C)(C)CCS3)cn1. The molecule has 0 fully saturated rings. The average Bonchev–Trinajstić information content (AvgIpc) is 2.47. The van der Waals surface area contributed by atoms with E-state index in [9.17, 15) is 0 Å². The van der Waals surface area contributed by atoms with E-state index in [1.165, 1.54) is 22.6 Å². The van der Waals surface area contributed by atoms with E-state index in [0.717, 1.165) is 17.0 Å². The molecule has 0 saturated heterocycles. The monoisotopic (exact) mass is 294 g/mol. The lowest BCUT2D eigenvalue weighted by molar-refractivity contribution is 0.494. The van der Waals surface area contributed by atoms with Crippen LogP contribution < -0.4 is 0 Å². The fourth-order valence-electron chi connectivity index (χ4n) is 2.41. The zero-order valence-corrected chi connectivity index (χ0v) is 13.4. The molecule has 1 aromatic heterocycles. The van der Waals surface area contributed by atoms with Gasteiger partial charge in [-0.1, -0.05) is 25.7 Å². The smallest absolute Gasteiger partial charge is 0.125 e. The lowest BCUT2D eigenvalue weighted by Crippen LogP contribution is -2.22. The fourth-order valence-corrected chi connectivity index (χ4v) is 3.90. The number of aryl methyl sites for hydroxylation is 1. The number of nitrogens with zero attached hydrogens (tertiary/aromatic N) is 2. The Morgan fingerprint density at radius 1 is 1.10 bits per heavy atom. The Morgan fingerprint density at radius 2 is 1.81 bits per heavy atom. The summed E-state index contributed by atoms with van der Waals surface area (Å²) in [6, 6.07) is 6.55. The van der Waals surface area contributed by atoms with Crippen LogP contribution in [0.25, 0.3) is 0 Å². The highest BCUT2D eigenvalue weighted by atomic mass is 32.2. The maximum absolute atomic E-state index is 4.17. The predicted octanol–water partition coefficient (Wildman–Crippen LogP) is 3.96. The summed E-state index contributed by atoms with van der Waals surface area (Å²) < 4.78 is 0. The number of aromatic nitrogens is 2. The second kappa shape index (κ2) is 5.54. The summed E-state index contributed by atoms with van der Waals surface area (Å²) in [6.07, 6.45) is 4.76. The number of hydrogen-bond donors (Lipinski definition) is 0. The van der Waals surface area contributed by atoms with Crippen molar-refractivity contribution in [2.75, 3.05) is 5.75 Å². The molecular formula is C18H18N2S. The van der Waals surface area contributed by atoms with Crippen molar-refractivity contribution >= 4 is 11.8 Å². The summed E-state index contributed by atoms with van der Waals surface area (Å²) in [4.78, 5) is 9.73. The molecule has 2 nitrogen and oxygen atoms in total. The van der Waals surface area contributed by atoms with Crippen molar-refractivity contribution in [1.29, 1.82) is 0 Å². The van der Waals surface area contributed by atoms with Gasteiger partial charge in [0, 0.05) is 22.9 Å². The van der Waals surface area contributed by atoms with Gasteiger partial charge in [-0.3, -0.25) is 0 Å². The van der Waals surface area contributed by atoms with Crippen molar-refractivity contribution in [3.8, 4) is 11.8 Å². The summed E-state index contributed by atoms with van der Waals surface area (Å²) in [7, 11) is 0. The minimum Gasteiger partial charge on any atom is -0.240 e. The first-order valence-corrected chi connectivity index (χ1v) is 8.11. The molecule has 2 aromatic rings. The van der Waals surface area contributed by atoms with Gasteiger partial charge in [0.05, 0.1) is 5.56 Å². The first-order chi connectivity index (χ1) is 10.0. The summed E-state index contributed by atoms with van der Waals surface area (Å²) >= 11 is 1.95. The van der Waals surface area contributed by atoms with Gasteiger partial charge in [0.15, 0.2) is 0 Å². The predicted molar refractivity (Wildman–Crippen MR) is 87.6 cm³/mol. The second-order valence-corrected chi connectivity index (χ2v) is 7.10. The van der Waals surface area contributed by atoms with Crippen LogP contribution in [0, 0.1) is 18.8 Å². The summed E-state index contributed by atoms with van der Waals surface area (Å²) in [6.45, 7) is 6.51. The van der Waals surface area contributed by atoms with Crippen molar-refractivity contribution in [3.05, 3.63) is 53.1 Å². The lowest BCUT2D eigenvalue weighted by Gasteiger charge is -2.32. The van der Waals surface area contributed by atoms with Gasteiger partial charge in [-0.05, 0) is 48.3 Å². The lowest BCUT2D eigenvalue weighted by atomic mass is 9.81. The highest BCUT2D eigenvalue weighted by Crippen LogP contribution is 2.41. The molecule has 0 spiro atoms. The number of hydrogen-bond acceptors (Lipinski definition) is 3. The number of benzene rings is 1. The minimum atomic E-state index is 0.241. The van der Waals surface area contributed by atoms with Crippen LogP contribution in [0.3, 0.4) is 0 Å². The van der Waals surface area contributed by atoms with E-state index in [1.54, 1.807) is 12.4 Å². The highest BCUT2D eigenvalue weighted by molar-refractivity contribution is 7.99. The Hall–Kier alpha value is -1.79. The van der Waals surface area contributed by atoms with Gasteiger partial charge in [-0.25, -0.2) is 9.97 Å². The molecule has 0 saturated carbocycles. The largest absolute Gasteiger partial charge is 0.240 e. The van der Waals surface area contributed by atoms with Crippen LogP contribution in [-0.4, -0.2) is 15.7 Å². The molecule has 0 radical (unpaired) electrons. The van der Waals surface area contributed by atoms with E-state index in [-0.39, 0.29) is 5.41 Å². The van der Waals surface area contributed by atoms with E-state index < -0.39 is 0 Å². The molecule has 0 atom stereocenters. The molecule has 0 amide bonds. The van der Waals surface area contributed by atoms with Gasteiger partial charge in [0.2, 0.25) is 0 Å². The van der Waals surface area contributed by atoms with E-state index in [2.05, 4.69) is 53.9 Å². The van der Waals surface area contributed by atoms with E-state index in [4.69, 9.17) is 0 Å². The molecule has 106 valence electrons. The van der Waals surface area contributed by atoms with Crippen molar-refractivity contribution in [2.45, 2.75) is 37.5 Å². The van der Waals surface area contributed by atoms with Gasteiger partial charge >= 0.3 is 0 Å². The van der Waals surface area contributed by atoms with Gasteiger partial charge in [-0.15, -0.1) is 11.8 Å². The van der Waals surface area contributed by atoms with E-state index in [0.29, 0.717) is 0 Å². The first kappa shape index (κ1) is 14.2. The molecule has 21 heavy (non-hydrogen) atoms. The Balaban J connectivity index is 1.93. The molecule has 1 aliphatic heterocycles. The zero-order chi connectivity index (χ0) is 14.9. The molecule has 1 aliphatic rings. The van der Waals surface area contributed by atoms with Crippen LogP contribution in [0.2, 0.25) is 0 Å². The zero-order valence-electron chi connectivity index (χ0n) is 12.6. The number of fused-ring (bicyclic) bond motifs is 1. The Kier molecular flexibility index (Phi) is 3.73. The average molecular weight is 294 g/mol. The van der Waals surface area contributed by atoms with Crippen molar-refractivity contribution in [1.82, 2.24) is 9.97 Å². The molecule has 0 N–H and O–H groups in total. The number of thioether (sulfide) groups is 1. The molecule has 1 aromatic carbocycles. The maximum atomic E-state index is 4.17. The maximum Gasteiger partial charge on any atom is 0.125 e. The Bertz CT molecular complexity index is 721. The summed E-state index contributed by atoms with van der Waals surface area (Å²) in [5, 5.41) is 0. The van der Waals surface area contributed by atoms with Crippen LogP contribution in [0.15, 0.2) is 35.5 Å². The first-order valence-electron chi connectivity index (χ1n) is 7.13. The van der Waals surface area contributed by atoms with Crippen LogP contribution in [0.4, 0.5) is 0 Å². The van der Waals surface area contributed by atoms with Gasteiger partial charge < -0.3 is 0 Å². The molecular weight excluding hydrogens is 276 g/mol. The van der Waals surface area contributed by atoms with E-state index >= 15 is 0 Å². The van der Waals surface area contributed by atoms with Crippen molar-refractivity contribution in [3.63, 3.8) is 0 Å². The number of rotatable bonds is 0. The highest BCUT2D eigenvalue weighted by Gasteiger charge is 2.27. The molecule has 3 rings (SSSR count). The van der Waals surface area contributed by atoms with Crippen molar-refractivity contribution < 1.29 is 0 Å². The third-order valence-electron chi connectivity index (χ3n) is 3.83. The summed E-state index contributed by atoms with van der Waals surface area (Å²) in [5.74, 6) is 8.34. The normalized spacial score (nSPS) is 15.8. The fraction of sp³-hybridized carbons (Fsp3) is 0.333. The van der Waals surface area contributed by atoms with Gasteiger partial charge in [0.1, 0.15) is 5.82 Å². The van der Waals surface area contributed by atoms with Crippen LogP contribution >= 0.6 is 11.8 Å². The third-order valence-corrected chi connectivity index (χ3v) is 4.90. The van der Waals surface area contributed by atoms with Crippen LogP contribution in [0.1, 0.15) is 42.8 Å². The second-order valence-electron chi connectivity index (χ2n) is 5.96. The standard InChI is InChI=1S/C18H18N2S/c1-13-19-11-15(12-20-13)5-4-14-6-7-17-16(10-14)18(2,3)8-9-21-17/h6-7,10-12H,8-9H2,1-3H3. The van der Waals surface area contributed by atoms with Gasteiger partial charge in [-0.2, -0.15) is 0 Å². The molecule has 0 unspecified atom stereocenters. The third kappa shape index (κ3) is 3.11. The van der Waals surface area contributed by atoms with Crippen LogP contribution in [-0.2, 0) is 5.41 Å². The van der Waals surface area contributed by atoms with Crippen molar-refractivity contribution in [2.24, 2.45) is 0 Å². The Labute approximate surface area is 130 Å². The van der Waals surface area contributed by atoms with E-state index in [1.807, 2.05) is 18.7 Å². The summed E-state index contributed by atoms with van der Waals surface area (Å²) in [5.41, 5.74) is 3.58. The minimum absolute atomic E-state index is 0.241. The molecule has 2 heterocycles. The van der Waals surface area contributed by atoms with Crippen LogP contribution in [0.5, 0.6) is 0 Å². The topological polar surface area (TPSA) is 25.8 Å². The molecule has 0 bridgehead atoms. The molecule has 3 heteroatoms. The molecule has 0 aliphatic carbocycles.